The molecule has 0 spiro atoms. The SMILES string of the molecule is CS(=O)CCCNS(=O)(=O)c1cc(N)cc(Cl)c1F. The molecule has 0 aliphatic rings. The van der Waals surface area contributed by atoms with E-state index < -0.39 is 31.5 Å². The number of benzene rings is 1. The van der Waals surface area contributed by atoms with E-state index in [1.165, 1.54) is 6.26 Å². The fourth-order valence-corrected chi connectivity index (χ4v) is 3.38. The topological polar surface area (TPSA) is 89.3 Å². The molecule has 1 atom stereocenters. The number of nitrogen functional groups attached to an aromatic ring is 1. The highest BCUT2D eigenvalue weighted by molar-refractivity contribution is 7.89. The van der Waals surface area contributed by atoms with E-state index >= 15 is 0 Å². The molecule has 5 nitrogen and oxygen atoms in total. The Bertz CT molecular complexity index is 593. The number of sulfonamides is 1. The van der Waals surface area contributed by atoms with Gasteiger partial charge in [0, 0.05) is 35.0 Å². The van der Waals surface area contributed by atoms with Crippen LogP contribution in [-0.2, 0) is 20.8 Å². The monoisotopic (exact) mass is 328 g/mol. The van der Waals surface area contributed by atoms with Gasteiger partial charge in [0.25, 0.3) is 0 Å². The molecule has 0 aliphatic carbocycles. The first-order chi connectivity index (χ1) is 8.74. The molecule has 3 N–H and O–H groups in total. The van der Waals surface area contributed by atoms with E-state index in [4.69, 9.17) is 17.3 Å². The van der Waals surface area contributed by atoms with Gasteiger partial charge in [-0.05, 0) is 18.6 Å². The van der Waals surface area contributed by atoms with Crippen molar-refractivity contribution in [2.75, 3.05) is 24.3 Å². The maximum atomic E-state index is 13.7. The summed E-state index contributed by atoms with van der Waals surface area (Å²) >= 11 is 5.54. The molecule has 0 saturated heterocycles. The van der Waals surface area contributed by atoms with Crippen LogP contribution >= 0.6 is 11.6 Å². The highest BCUT2D eigenvalue weighted by atomic mass is 35.5. The van der Waals surface area contributed by atoms with Crippen LogP contribution in [0.5, 0.6) is 0 Å². The lowest BCUT2D eigenvalue weighted by atomic mass is 10.3. The Labute approximate surface area is 118 Å². The molecule has 9 heteroatoms. The summed E-state index contributed by atoms with van der Waals surface area (Å²) in [6.07, 6.45) is 1.91. The number of hydrogen-bond acceptors (Lipinski definition) is 4. The van der Waals surface area contributed by atoms with E-state index in [0.29, 0.717) is 12.2 Å². The number of nitrogens with two attached hydrogens (primary N) is 1. The summed E-state index contributed by atoms with van der Waals surface area (Å²) < 4.78 is 50.4. The van der Waals surface area contributed by atoms with Crippen LogP contribution in [0.1, 0.15) is 6.42 Å². The molecule has 1 aromatic carbocycles. The van der Waals surface area contributed by atoms with E-state index in [1.807, 2.05) is 0 Å². The fourth-order valence-electron chi connectivity index (χ4n) is 1.34. The minimum absolute atomic E-state index is 0.0569. The Morgan fingerprint density at radius 3 is 2.68 bits per heavy atom. The van der Waals surface area contributed by atoms with Crippen LogP contribution in [0.4, 0.5) is 10.1 Å². The minimum Gasteiger partial charge on any atom is -0.399 e. The lowest BCUT2D eigenvalue weighted by Crippen LogP contribution is -2.26. The maximum Gasteiger partial charge on any atom is 0.243 e. The summed E-state index contributed by atoms with van der Waals surface area (Å²) in [6.45, 7) is 0.0633. The van der Waals surface area contributed by atoms with Crippen LogP contribution in [0.15, 0.2) is 17.0 Å². The largest absolute Gasteiger partial charge is 0.399 e. The van der Waals surface area contributed by atoms with Crippen molar-refractivity contribution < 1.29 is 17.0 Å². The Kier molecular flexibility index (Phi) is 5.72. The van der Waals surface area contributed by atoms with Crippen molar-refractivity contribution in [2.45, 2.75) is 11.3 Å². The zero-order valence-corrected chi connectivity index (χ0v) is 12.5. The first kappa shape index (κ1) is 16.4. The average molecular weight is 329 g/mol. The number of halogens is 2. The predicted molar refractivity (Wildman–Crippen MR) is 74.6 cm³/mol. The van der Waals surface area contributed by atoms with E-state index in [1.54, 1.807) is 0 Å². The molecule has 0 aliphatic heterocycles. The smallest absolute Gasteiger partial charge is 0.243 e. The number of anilines is 1. The quantitative estimate of drug-likeness (QED) is 0.604. The second-order valence-corrected chi connectivity index (χ2v) is 7.54. The molecule has 19 heavy (non-hydrogen) atoms. The fraction of sp³-hybridized carbons (Fsp3) is 0.400. The third-order valence-electron chi connectivity index (χ3n) is 2.21. The van der Waals surface area contributed by atoms with Gasteiger partial charge in [0.1, 0.15) is 4.90 Å². The summed E-state index contributed by atoms with van der Waals surface area (Å²) in [5.41, 5.74) is 5.49. The van der Waals surface area contributed by atoms with E-state index in [-0.39, 0.29) is 17.3 Å². The van der Waals surface area contributed by atoms with Crippen molar-refractivity contribution in [3.05, 3.63) is 23.0 Å². The summed E-state index contributed by atoms with van der Waals surface area (Å²) in [5.74, 6) is -0.676. The lowest BCUT2D eigenvalue weighted by Gasteiger charge is -2.09. The third kappa shape index (κ3) is 4.72. The first-order valence-corrected chi connectivity index (χ1v) is 8.87. The van der Waals surface area contributed by atoms with Gasteiger partial charge < -0.3 is 5.73 Å². The Morgan fingerprint density at radius 2 is 2.11 bits per heavy atom. The number of rotatable bonds is 6. The van der Waals surface area contributed by atoms with Gasteiger partial charge in [0.15, 0.2) is 5.82 Å². The molecule has 0 fully saturated rings. The van der Waals surface area contributed by atoms with Crippen LogP contribution in [-0.4, -0.2) is 31.2 Å². The van der Waals surface area contributed by atoms with Gasteiger partial charge in [0.2, 0.25) is 10.0 Å². The second-order valence-electron chi connectivity index (χ2n) is 3.84. The van der Waals surface area contributed by atoms with Crippen molar-refractivity contribution in [3.8, 4) is 0 Å². The van der Waals surface area contributed by atoms with Crippen LogP contribution in [0, 0.1) is 5.82 Å². The third-order valence-corrected chi connectivity index (χ3v) is 4.81. The van der Waals surface area contributed by atoms with Crippen LogP contribution in [0.25, 0.3) is 0 Å². The van der Waals surface area contributed by atoms with Crippen LogP contribution in [0.3, 0.4) is 0 Å². The number of hydrogen-bond donors (Lipinski definition) is 2. The Hall–Kier alpha value is -0.700. The Balaban J connectivity index is 2.86. The molecule has 0 bridgehead atoms. The second kappa shape index (κ2) is 6.65. The van der Waals surface area contributed by atoms with Gasteiger partial charge in [-0.25, -0.2) is 17.5 Å². The van der Waals surface area contributed by atoms with Gasteiger partial charge in [-0.1, -0.05) is 11.6 Å². The maximum absolute atomic E-state index is 13.7. The summed E-state index contributed by atoms with van der Waals surface area (Å²) in [7, 11) is -5.02. The van der Waals surface area contributed by atoms with Crippen molar-refractivity contribution >= 4 is 38.1 Å². The predicted octanol–water partition coefficient (Wildman–Crippen LogP) is 1.11. The molecule has 0 heterocycles. The zero-order chi connectivity index (χ0) is 14.6. The molecule has 1 unspecified atom stereocenters. The normalized spacial score (nSPS) is 13.4. The standard InChI is InChI=1S/C10H14ClFN2O3S2/c1-18(15)4-2-3-14-19(16,17)9-6-7(13)5-8(11)10(9)12/h5-6,14H,2-4,13H2,1H3. The van der Waals surface area contributed by atoms with Crippen LogP contribution < -0.4 is 10.5 Å². The molecular formula is C10H14ClFN2O3S2. The van der Waals surface area contributed by atoms with Gasteiger partial charge >= 0.3 is 0 Å². The lowest BCUT2D eigenvalue weighted by molar-refractivity contribution is 0.557. The summed E-state index contributed by atoms with van der Waals surface area (Å²) in [6, 6.07) is 2.14. The van der Waals surface area contributed by atoms with Gasteiger partial charge in [0.05, 0.1) is 5.02 Å². The van der Waals surface area contributed by atoms with Crippen molar-refractivity contribution in [1.82, 2.24) is 4.72 Å². The Morgan fingerprint density at radius 1 is 1.47 bits per heavy atom. The molecule has 0 amide bonds. The summed E-state index contributed by atoms with van der Waals surface area (Å²) in [5, 5.41) is -0.352. The van der Waals surface area contributed by atoms with Crippen molar-refractivity contribution in [2.24, 2.45) is 0 Å². The van der Waals surface area contributed by atoms with Gasteiger partial charge in [-0.15, -0.1) is 0 Å². The molecule has 1 aromatic rings. The average Bonchev–Trinajstić information content (AvgIpc) is 2.29. The van der Waals surface area contributed by atoms with Gasteiger partial charge in [-0.3, -0.25) is 4.21 Å². The highest BCUT2D eigenvalue weighted by Gasteiger charge is 2.21. The highest BCUT2D eigenvalue weighted by Crippen LogP contribution is 2.25. The van der Waals surface area contributed by atoms with Crippen molar-refractivity contribution in [3.63, 3.8) is 0 Å². The van der Waals surface area contributed by atoms with E-state index in [0.717, 1.165) is 12.1 Å². The van der Waals surface area contributed by atoms with Crippen molar-refractivity contribution in [1.29, 1.82) is 0 Å². The molecule has 108 valence electrons. The summed E-state index contributed by atoms with van der Waals surface area (Å²) in [4.78, 5) is -0.588. The molecular weight excluding hydrogens is 315 g/mol. The zero-order valence-electron chi connectivity index (χ0n) is 10.2. The van der Waals surface area contributed by atoms with Gasteiger partial charge in [-0.2, -0.15) is 0 Å². The molecule has 0 saturated carbocycles. The molecule has 0 aromatic heterocycles. The molecule has 0 radical (unpaired) electrons. The van der Waals surface area contributed by atoms with E-state index in [2.05, 4.69) is 4.72 Å². The minimum atomic E-state index is -4.02. The van der Waals surface area contributed by atoms with E-state index in [9.17, 15) is 17.0 Å². The molecule has 1 rings (SSSR count). The number of nitrogens with one attached hydrogen (secondary N) is 1. The first-order valence-electron chi connectivity index (χ1n) is 5.28. The van der Waals surface area contributed by atoms with Crippen LogP contribution in [0.2, 0.25) is 5.02 Å².